The normalized spacial score (nSPS) is 26.7. The fourth-order valence-corrected chi connectivity index (χ4v) is 8.67. The van der Waals surface area contributed by atoms with Gasteiger partial charge in [0.25, 0.3) is 11.1 Å². The van der Waals surface area contributed by atoms with E-state index >= 15 is 0 Å². The van der Waals surface area contributed by atoms with E-state index in [4.69, 9.17) is 18.5 Å². The summed E-state index contributed by atoms with van der Waals surface area (Å²) in [6, 6.07) is 1.66. The summed E-state index contributed by atoms with van der Waals surface area (Å²) in [7, 11) is 0.994. The van der Waals surface area contributed by atoms with E-state index in [9.17, 15) is 49.1 Å². The van der Waals surface area contributed by atoms with Crippen LogP contribution in [0.3, 0.4) is 0 Å². The monoisotopic (exact) mass is 703 g/mol. The third kappa shape index (κ3) is 7.85. The fraction of sp³-hybridized carbons (Fsp3) is 0.615. The predicted molar refractivity (Wildman–Crippen MR) is 160 cm³/mol. The predicted octanol–water partition coefficient (Wildman–Crippen LogP) is -1.45. The van der Waals surface area contributed by atoms with Gasteiger partial charge in [-0.2, -0.15) is 5.26 Å². The number of carbonyl (C=O) groups excluding carboxylic acids is 1. The van der Waals surface area contributed by atoms with Crippen LogP contribution in [0, 0.1) is 30.6 Å². The molecular formula is C26H34N5O14PS. The lowest BCUT2D eigenvalue weighted by Gasteiger charge is -2.27. The molecule has 0 spiro atoms. The number of aliphatic hydroxyl groups is 3. The first-order valence-electron chi connectivity index (χ1n) is 14.1. The largest absolute Gasteiger partial charge is 0.468 e. The van der Waals surface area contributed by atoms with Gasteiger partial charge in [0.2, 0.25) is 0 Å². The van der Waals surface area contributed by atoms with Gasteiger partial charge >= 0.3 is 24.1 Å². The van der Waals surface area contributed by atoms with Gasteiger partial charge in [-0.25, -0.2) is 14.2 Å². The second-order valence-electron chi connectivity index (χ2n) is 10.9. The number of aromatic amines is 2. The second kappa shape index (κ2) is 14.8. The highest BCUT2D eigenvalue weighted by Gasteiger charge is 2.47. The summed E-state index contributed by atoms with van der Waals surface area (Å²) in [4.78, 5) is 65.1. The van der Waals surface area contributed by atoms with E-state index in [0.717, 1.165) is 16.2 Å². The van der Waals surface area contributed by atoms with Crippen LogP contribution in [-0.2, 0) is 32.6 Å². The maximum absolute atomic E-state index is 14.3. The van der Waals surface area contributed by atoms with E-state index in [1.165, 1.54) is 26.2 Å². The van der Waals surface area contributed by atoms with Gasteiger partial charge in [-0.15, -0.1) is 0 Å². The number of nitriles is 1. The summed E-state index contributed by atoms with van der Waals surface area (Å²) in [5.74, 6) is -1.77. The molecule has 21 heteroatoms. The van der Waals surface area contributed by atoms with Gasteiger partial charge in [0.15, 0.2) is 5.41 Å². The minimum atomic E-state index is -4.53. The SMILES string of the molecule is COC(=O)C(C#N)(CO)CSP(=O)(OC[C@H]1O[C@@H](n2cc(C)c(=O)[nH]c2=O)C[C@@H]1O)O[C@H]1C[C@H](n2cc(C)c(=O)[nH]c2=O)O[C@@H]1CO. The second-order valence-corrected chi connectivity index (χ2v) is 15.0. The third-order valence-electron chi connectivity index (χ3n) is 7.67. The first kappa shape index (κ1) is 36.5. The molecule has 2 aromatic heterocycles. The molecule has 2 saturated heterocycles. The average Bonchev–Trinajstić information content (AvgIpc) is 3.62. The van der Waals surface area contributed by atoms with Crippen LogP contribution in [0.4, 0.5) is 0 Å². The number of carbonyl (C=O) groups is 1. The number of aromatic nitrogens is 4. The summed E-state index contributed by atoms with van der Waals surface area (Å²) in [6.45, 7) is -3.87. The Morgan fingerprint density at radius 3 is 2.13 bits per heavy atom. The highest BCUT2D eigenvalue weighted by Crippen LogP contribution is 2.64. The van der Waals surface area contributed by atoms with Gasteiger partial charge in [-0.1, -0.05) is 0 Å². The number of H-pyrrole nitrogens is 2. The number of esters is 1. The zero-order chi connectivity index (χ0) is 34.7. The molecule has 2 aliphatic heterocycles. The number of hydrogen-bond acceptors (Lipinski definition) is 16. The van der Waals surface area contributed by atoms with Gasteiger partial charge in [0.1, 0.15) is 30.8 Å². The number of rotatable bonds is 13. The zero-order valence-electron chi connectivity index (χ0n) is 25.4. The van der Waals surface area contributed by atoms with Crippen LogP contribution < -0.4 is 22.5 Å². The van der Waals surface area contributed by atoms with E-state index in [1.54, 1.807) is 6.07 Å². The molecule has 2 aliphatic rings. The van der Waals surface area contributed by atoms with E-state index in [-0.39, 0.29) is 24.0 Å². The van der Waals surface area contributed by atoms with Crippen LogP contribution in [-0.4, -0.2) is 97.5 Å². The standard InChI is InChI=1S/C26H34N5O14PS/c1-13-6-30(24(38)28-21(13)35)19-4-15(34)18(44-19)9-42-46(40,47-12-26(10-27,11-33)23(37)41-3)45-16-5-20(43-17(16)8-32)31-7-14(2)22(36)29-25(31)39/h6-7,15-20,32-34H,4-5,8-9,11-12H2,1-3H3,(H,28,35,38)(H,29,36,39)/t15-,16-,17+,18+,19+,20+,26?,46?/m0/s1. The highest BCUT2D eigenvalue weighted by molar-refractivity contribution is 8.55. The van der Waals surface area contributed by atoms with Gasteiger partial charge in [-0.3, -0.25) is 42.5 Å². The number of hydrogen-bond donors (Lipinski definition) is 5. The quantitative estimate of drug-likeness (QED) is 0.118. The van der Waals surface area contributed by atoms with Crippen molar-refractivity contribution >= 4 is 24.1 Å². The highest BCUT2D eigenvalue weighted by atomic mass is 32.7. The molecule has 0 aliphatic carbocycles. The van der Waals surface area contributed by atoms with Crippen LogP contribution in [0.15, 0.2) is 31.6 Å². The van der Waals surface area contributed by atoms with E-state index in [0.29, 0.717) is 11.4 Å². The fourth-order valence-electron chi connectivity index (χ4n) is 4.88. The van der Waals surface area contributed by atoms with Gasteiger partial charge in [-0.05, 0) is 25.2 Å². The average molecular weight is 704 g/mol. The van der Waals surface area contributed by atoms with Gasteiger partial charge < -0.3 is 29.5 Å². The molecule has 0 bridgehead atoms. The number of aryl methyl sites for hydroxylation is 2. The van der Waals surface area contributed by atoms with Crippen LogP contribution in [0.2, 0.25) is 0 Å². The molecule has 4 rings (SSSR count). The Morgan fingerprint density at radius 2 is 1.62 bits per heavy atom. The number of aliphatic hydroxyl groups excluding tert-OH is 3. The molecule has 2 aromatic rings. The molecule has 8 atom stereocenters. The van der Waals surface area contributed by atoms with Crippen LogP contribution in [0.1, 0.15) is 36.4 Å². The molecule has 0 aromatic carbocycles. The number of ether oxygens (including phenoxy) is 3. The third-order valence-corrected chi connectivity index (χ3v) is 11.5. The topological polar surface area (TPSA) is 274 Å². The first-order valence-corrected chi connectivity index (χ1v) is 17.2. The summed E-state index contributed by atoms with van der Waals surface area (Å²) < 4.78 is 44.1. The lowest BCUT2D eigenvalue weighted by molar-refractivity contribution is -0.149. The minimum Gasteiger partial charge on any atom is -0.468 e. The van der Waals surface area contributed by atoms with Gasteiger partial charge in [0.05, 0.1) is 39.1 Å². The molecule has 2 unspecified atom stereocenters. The Bertz CT molecular complexity index is 1800. The summed E-state index contributed by atoms with van der Waals surface area (Å²) in [6.07, 6.45) is -4.69. The van der Waals surface area contributed by atoms with Crippen molar-refractivity contribution in [2.75, 3.05) is 32.7 Å². The van der Waals surface area contributed by atoms with Crippen molar-refractivity contribution in [3.8, 4) is 6.07 Å². The first-order chi connectivity index (χ1) is 22.2. The van der Waals surface area contributed by atoms with Gasteiger partial charge in [0, 0.05) is 42.1 Å². The summed E-state index contributed by atoms with van der Waals surface area (Å²) >= 11 is 0.358. The van der Waals surface area contributed by atoms with Crippen molar-refractivity contribution in [1.29, 1.82) is 5.26 Å². The van der Waals surface area contributed by atoms with Crippen molar-refractivity contribution in [2.45, 2.75) is 63.6 Å². The van der Waals surface area contributed by atoms with Crippen molar-refractivity contribution in [3.63, 3.8) is 0 Å². The lowest BCUT2D eigenvalue weighted by atomic mass is 9.94. The molecular weight excluding hydrogens is 669 g/mol. The Hall–Kier alpha value is -3.38. The molecule has 47 heavy (non-hydrogen) atoms. The molecule has 0 amide bonds. The minimum absolute atomic E-state index is 0.111. The molecule has 0 radical (unpaired) electrons. The molecule has 5 N–H and O–H groups in total. The molecule has 2 fully saturated rings. The number of methoxy groups -OCH3 is 1. The molecule has 0 saturated carbocycles. The Labute approximate surface area is 269 Å². The van der Waals surface area contributed by atoms with E-state index in [1.807, 2.05) is 0 Å². The number of nitrogens with one attached hydrogen (secondary N) is 2. The van der Waals surface area contributed by atoms with Crippen molar-refractivity contribution < 1.29 is 47.9 Å². The number of nitrogens with zero attached hydrogens (tertiary/aromatic N) is 3. The summed E-state index contributed by atoms with van der Waals surface area (Å²) in [5.41, 5.74) is -4.58. The van der Waals surface area contributed by atoms with Crippen LogP contribution in [0.5, 0.6) is 0 Å². The Morgan fingerprint density at radius 1 is 1.06 bits per heavy atom. The molecule has 19 nitrogen and oxygen atoms in total. The maximum atomic E-state index is 14.3. The van der Waals surface area contributed by atoms with Crippen molar-refractivity contribution in [1.82, 2.24) is 19.1 Å². The maximum Gasteiger partial charge on any atom is 0.389 e. The van der Waals surface area contributed by atoms with E-state index < -0.39 is 103 Å². The Balaban J connectivity index is 1.58. The summed E-state index contributed by atoms with van der Waals surface area (Å²) in [5, 5.41) is 40.3. The van der Waals surface area contributed by atoms with Crippen LogP contribution >= 0.6 is 18.2 Å². The van der Waals surface area contributed by atoms with E-state index in [2.05, 4.69) is 14.7 Å². The van der Waals surface area contributed by atoms with Crippen molar-refractivity contribution in [2.24, 2.45) is 5.41 Å². The molecule has 4 heterocycles. The smallest absolute Gasteiger partial charge is 0.389 e. The zero-order valence-corrected chi connectivity index (χ0v) is 27.1. The van der Waals surface area contributed by atoms with Crippen molar-refractivity contribution in [3.05, 3.63) is 65.2 Å². The Kier molecular flexibility index (Phi) is 11.5. The lowest BCUT2D eigenvalue weighted by Crippen LogP contribution is -2.37. The molecule has 258 valence electrons. The van der Waals surface area contributed by atoms with Crippen LogP contribution in [0.25, 0.3) is 0 Å².